The highest BCUT2D eigenvalue weighted by atomic mass is 16.5. The Labute approximate surface area is 139 Å². The van der Waals surface area contributed by atoms with Crippen molar-refractivity contribution in [3.8, 4) is 0 Å². The molecular weight excluding hydrogens is 310 g/mol. The van der Waals surface area contributed by atoms with E-state index >= 15 is 0 Å². The molecule has 0 aliphatic carbocycles. The number of aliphatic carboxylic acids is 1. The number of aromatic nitrogens is 2. The number of benzene rings is 1. The van der Waals surface area contributed by atoms with Crippen LogP contribution in [0.15, 0.2) is 24.3 Å². The standard InChI is InChI=1S/C17H21N3O4/c1-19-14-6-4-3-5-12(14)13(18-19)9-15(21)20-8-7-17(10-20,11-24-2)16(22)23/h3-6H,7-11H2,1-2H3,(H,22,23). The Hall–Kier alpha value is -2.41. The zero-order chi connectivity index (χ0) is 17.3. The summed E-state index contributed by atoms with van der Waals surface area (Å²) >= 11 is 0. The van der Waals surface area contributed by atoms with E-state index in [9.17, 15) is 14.7 Å². The van der Waals surface area contributed by atoms with E-state index in [2.05, 4.69) is 5.10 Å². The lowest BCUT2D eigenvalue weighted by Crippen LogP contribution is -2.40. The highest BCUT2D eigenvalue weighted by molar-refractivity contribution is 5.88. The molecule has 2 aromatic rings. The zero-order valence-electron chi connectivity index (χ0n) is 13.9. The molecule has 1 aromatic carbocycles. The average Bonchev–Trinajstić information content (AvgIpc) is 3.12. The molecule has 2 heterocycles. The molecule has 1 amide bonds. The van der Waals surface area contributed by atoms with Gasteiger partial charge in [0, 0.05) is 32.6 Å². The summed E-state index contributed by atoms with van der Waals surface area (Å²) in [6.07, 6.45) is 0.578. The van der Waals surface area contributed by atoms with Crippen molar-refractivity contribution in [1.82, 2.24) is 14.7 Å². The maximum Gasteiger partial charge on any atom is 0.313 e. The summed E-state index contributed by atoms with van der Waals surface area (Å²) in [5, 5.41) is 14.9. The number of likely N-dealkylation sites (tertiary alicyclic amines) is 1. The van der Waals surface area contributed by atoms with Gasteiger partial charge in [-0.25, -0.2) is 0 Å². The number of rotatable bonds is 5. The molecule has 3 rings (SSSR count). The number of aryl methyl sites for hydroxylation is 1. The molecule has 1 saturated heterocycles. The molecule has 24 heavy (non-hydrogen) atoms. The van der Waals surface area contributed by atoms with Crippen molar-refractivity contribution in [2.45, 2.75) is 12.8 Å². The fourth-order valence-corrected chi connectivity index (χ4v) is 3.39. The fraction of sp³-hybridized carbons (Fsp3) is 0.471. The number of ether oxygens (including phenoxy) is 1. The number of carbonyl (C=O) groups is 2. The molecule has 0 spiro atoms. The molecule has 1 unspecified atom stereocenters. The Balaban J connectivity index is 1.77. The molecule has 1 aliphatic rings. The van der Waals surface area contributed by atoms with Crippen LogP contribution in [-0.4, -0.2) is 58.5 Å². The third kappa shape index (κ3) is 2.75. The summed E-state index contributed by atoms with van der Waals surface area (Å²) in [7, 11) is 3.33. The van der Waals surface area contributed by atoms with Gasteiger partial charge in [-0.1, -0.05) is 18.2 Å². The van der Waals surface area contributed by atoms with Crippen LogP contribution in [0, 0.1) is 5.41 Å². The first kappa shape index (κ1) is 16.4. The number of hydrogen-bond donors (Lipinski definition) is 1. The lowest BCUT2D eigenvalue weighted by atomic mass is 9.88. The fourth-order valence-electron chi connectivity index (χ4n) is 3.39. The van der Waals surface area contributed by atoms with Crippen molar-refractivity contribution in [3.05, 3.63) is 30.0 Å². The predicted octanol–water partition coefficient (Wildman–Crippen LogP) is 1.07. The lowest BCUT2D eigenvalue weighted by Gasteiger charge is -2.23. The summed E-state index contributed by atoms with van der Waals surface area (Å²) in [5.41, 5.74) is 0.690. The zero-order valence-corrected chi connectivity index (χ0v) is 13.9. The Morgan fingerprint density at radius 3 is 2.83 bits per heavy atom. The van der Waals surface area contributed by atoms with Crippen molar-refractivity contribution in [2.75, 3.05) is 26.8 Å². The topological polar surface area (TPSA) is 84.7 Å². The van der Waals surface area contributed by atoms with Gasteiger partial charge in [0.05, 0.1) is 24.2 Å². The number of carbonyl (C=O) groups excluding carboxylic acids is 1. The second kappa shape index (κ2) is 6.24. The van der Waals surface area contributed by atoms with Crippen molar-refractivity contribution in [2.24, 2.45) is 12.5 Å². The van der Waals surface area contributed by atoms with Crippen LogP contribution in [0.2, 0.25) is 0 Å². The number of carboxylic acids is 1. The molecule has 128 valence electrons. The summed E-state index contributed by atoms with van der Waals surface area (Å²) in [5.74, 6) is -1.01. The van der Waals surface area contributed by atoms with Gasteiger partial charge in [0.15, 0.2) is 0 Å². The van der Waals surface area contributed by atoms with Crippen molar-refractivity contribution in [3.63, 3.8) is 0 Å². The second-order valence-corrected chi connectivity index (χ2v) is 6.35. The van der Waals surface area contributed by atoms with Crippen LogP contribution < -0.4 is 0 Å². The molecular formula is C17H21N3O4. The molecule has 1 aromatic heterocycles. The number of carboxylic acid groups (broad SMARTS) is 1. The van der Waals surface area contributed by atoms with Gasteiger partial charge in [-0.15, -0.1) is 0 Å². The molecule has 1 aliphatic heterocycles. The van der Waals surface area contributed by atoms with E-state index in [4.69, 9.17) is 4.74 Å². The Morgan fingerprint density at radius 1 is 1.38 bits per heavy atom. The van der Waals surface area contributed by atoms with E-state index in [1.54, 1.807) is 9.58 Å². The van der Waals surface area contributed by atoms with Crippen LogP contribution in [-0.2, 0) is 27.8 Å². The van der Waals surface area contributed by atoms with Crippen LogP contribution in [0.5, 0.6) is 0 Å². The van der Waals surface area contributed by atoms with Crippen molar-refractivity contribution < 1.29 is 19.4 Å². The van der Waals surface area contributed by atoms with Gasteiger partial charge >= 0.3 is 5.97 Å². The minimum absolute atomic E-state index is 0.0990. The minimum atomic E-state index is -1.00. The largest absolute Gasteiger partial charge is 0.481 e. The van der Waals surface area contributed by atoms with Crippen LogP contribution in [0.4, 0.5) is 0 Å². The van der Waals surface area contributed by atoms with Gasteiger partial charge in [-0.2, -0.15) is 5.10 Å². The van der Waals surface area contributed by atoms with Crippen LogP contribution in [0.25, 0.3) is 10.9 Å². The van der Waals surface area contributed by atoms with Crippen LogP contribution in [0.3, 0.4) is 0 Å². The quantitative estimate of drug-likeness (QED) is 0.886. The molecule has 7 heteroatoms. The Kier molecular flexibility index (Phi) is 4.28. The molecule has 1 N–H and O–H groups in total. The average molecular weight is 331 g/mol. The molecule has 1 atom stereocenters. The number of hydrogen-bond acceptors (Lipinski definition) is 4. The number of nitrogens with zero attached hydrogens (tertiary/aromatic N) is 3. The monoisotopic (exact) mass is 331 g/mol. The molecule has 0 radical (unpaired) electrons. The maximum atomic E-state index is 12.6. The smallest absolute Gasteiger partial charge is 0.313 e. The second-order valence-electron chi connectivity index (χ2n) is 6.35. The van der Waals surface area contributed by atoms with E-state index in [1.165, 1.54) is 7.11 Å². The first-order valence-electron chi connectivity index (χ1n) is 7.87. The number of amides is 1. The lowest BCUT2D eigenvalue weighted by molar-refractivity contribution is -0.151. The normalized spacial score (nSPS) is 20.7. The van der Waals surface area contributed by atoms with Crippen LogP contribution in [0.1, 0.15) is 12.1 Å². The van der Waals surface area contributed by atoms with E-state index in [0.717, 1.165) is 16.6 Å². The van der Waals surface area contributed by atoms with Crippen LogP contribution >= 0.6 is 0 Å². The highest BCUT2D eigenvalue weighted by Gasteiger charge is 2.46. The molecule has 0 saturated carbocycles. The van der Waals surface area contributed by atoms with E-state index in [0.29, 0.717) is 13.0 Å². The first-order chi connectivity index (χ1) is 11.5. The number of fused-ring (bicyclic) bond motifs is 1. The SMILES string of the molecule is COCC1(C(=O)O)CCN(C(=O)Cc2nn(C)c3ccccc23)C1. The van der Waals surface area contributed by atoms with Gasteiger partial charge in [0.1, 0.15) is 5.41 Å². The summed E-state index contributed by atoms with van der Waals surface area (Å²) < 4.78 is 6.82. The number of methoxy groups -OCH3 is 1. The first-order valence-corrected chi connectivity index (χ1v) is 7.87. The molecule has 1 fully saturated rings. The van der Waals surface area contributed by atoms with Gasteiger partial charge in [0.2, 0.25) is 5.91 Å². The van der Waals surface area contributed by atoms with Gasteiger partial charge < -0.3 is 14.7 Å². The third-order valence-electron chi connectivity index (χ3n) is 4.73. The summed E-state index contributed by atoms with van der Waals surface area (Å²) in [6, 6.07) is 7.76. The minimum Gasteiger partial charge on any atom is -0.481 e. The van der Waals surface area contributed by atoms with Gasteiger partial charge in [-0.05, 0) is 12.5 Å². The predicted molar refractivity (Wildman–Crippen MR) is 87.6 cm³/mol. The van der Waals surface area contributed by atoms with Crippen molar-refractivity contribution in [1.29, 1.82) is 0 Å². The van der Waals surface area contributed by atoms with Crippen molar-refractivity contribution >= 4 is 22.8 Å². The van der Waals surface area contributed by atoms with E-state index in [-0.39, 0.29) is 25.5 Å². The number of para-hydroxylation sites is 1. The molecule has 0 bridgehead atoms. The third-order valence-corrected chi connectivity index (χ3v) is 4.73. The van der Waals surface area contributed by atoms with Gasteiger partial charge in [0.25, 0.3) is 0 Å². The van der Waals surface area contributed by atoms with E-state index < -0.39 is 11.4 Å². The highest BCUT2D eigenvalue weighted by Crippen LogP contribution is 2.32. The Bertz CT molecular complexity index is 785. The Morgan fingerprint density at radius 2 is 2.12 bits per heavy atom. The van der Waals surface area contributed by atoms with Gasteiger partial charge in [-0.3, -0.25) is 14.3 Å². The molecule has 7 nitrogen and oxygen atoms in total. The van der Waals surface area contributed by atoms with E-state index in [1.807, 2.05) is 31.3 Å². The maximum absolute atomic E-state index is 12.6. The summed E-state index contributed by atoms with van der Waals surface area (Å²) in [4.78, 5) is 25.8. The summed E-state index contributed by atoms with van der Waals surface area (Å²) in [6.45, 7) is 0.720.